The van der Waals surface area contributed by atoms with Crippen LogP contribution in [0, 0.1) is 5.92 Å². The molecule has 3 aliphatic rings. The van der Waals surface area contributed by atoms with Crippen LogP contribution in [0.1, 0.15) is 60.9 Å². The van der Waals surface area contributed by atoms with E-state index in [1.807, 2.05) is 23.1 Å². The van der Waals surface area contributed by atoms with Gasteiger partial charge in [0.1, 0.15) is 0 Å². The number of hydrogen-bond donors (Lipinski definition) is 1. The number of nitrogens with zero attached hydrogens (tertiary/aromatic N) is 1. The van der Waals surface area contributed by atoms with E-state index in [0.29, 0.717) is 6.04 Å². The van der Waals surface area contributed by atoms with Crippen molar-refractivity contribution in [2.75, 3.05) is 11.4 Å². The quantitative estimate of drug-likeness (QED) is 0.932. The molecule has 1 aliphatic heterocycles. The first-order valence-electron chi connectivity index (χ1n) is 8.98. The molecular weight excluding hydrogens is 288 g/mol. The van der Waals surface area contributed by atoms with Crippen LogP contribution in [-0.4, -0.2) is 24.4 Å². The Morgan fingerprint density at radius 1 is 1.04 bits per heavy atom. The third kappa shape index (κ3) is 2.87. The van der Waals surface area contributed by atoms with Crippen molar-refractivity contribution in [1.29, 1.82) is 0 Å². The third-order valence-electron chi connectivity index (χ3n) is 5.41. The molecule has 0 spiro atoms. The average Bonchev–Trinajstić information content (AvgIpc) is 3.34. The van der Waals surface area contributed by atoms with Crippen LogP contribution in [0.4, 0.5) is 5.69 Å². The van der Waals surface area contributed by atoms with Crippen molar-refractivity contribution in [3.8, 4) is 0 Å². The van der Waals surface area contributed by atoms with Crippen molar-refractivity contribution in [1.82, 2.24) is 5.32 Å². The van der Waals surface area contributed by atoms with E-state index >= 15 is 0 Å². The zero-order chi connectivity index (χ0) is 15.8. The molecule has 4 nitrogen and oxygen atoms in total. The number of fused-ring (bicyclic) bond motifs is 1. The molecule has 1 heterocycles. The second-order valence-corrected chi connectivity index (χ2v) is 7.13. The molecule has 0 atom stereocenters. The summed E-state index contributed by atoms with van der Waals surface area (Å²) in [7, 11) is 0. The van der Waals surface area contributed by atoms with E-state index in [4.69, 9.17) is 0 Å². The molecule has 0 saturated heterocycles. The first-order chi connectivity index (χ1) is 11.2. The Kier molecular flexibility index (Phi) is 3.83. The van der Waals surface area contributed by atoms with Crippen molar-refractivity contribution in [2.24, 2.45) is 5.92 Å². The molecule has 0 bridgehead atoms. The van der Waals surface area contributed by atoms with Crippen molar-refractivity contribution < 1.29 is 9.59 Å². The Labute approximate surface area is 137 Å². The zero-order valence-corrected chi connectivity index (χ0v) is 13.5. The Hall–Kier alpha value is -1.84. The molecule has 0 unspecified atom stereocenters. The number of carbonyl (C=O) groups excluding carboxylic acids is 2. The van der Waals surface area contributed by atoms with Gasteiger partial charge in [0.15, 0.2) is 0 Å². The predicted molar refractivity (Wildman–Crippen MR) is 89.6 cm³/mol. The van der Waals surface area contributed by atoms with Gasteiger partial charge < -0.3 is 10.2 Å². The van der Waals surface area contributed by atoms with Crippen molar-refractivity contribution in [3.05, 3.63) is 29.3 Å². The summed E-state index contributed by atoms with van der Waals surface area (Å²) in [6, 6.07) is 6.12. The molecule has 4 heteroatoms. The molecule has 2 saturated carbocycles. The molecule has 122 valence electrons. The van der Waals surface area contributed by atoms with E-state index in [0.717, 1.165) is 55.5 Å². The van der Waals surface area contributed by atoms with Crippen LogP contribution in [-0.2, 0) is 11.2 Å². The van der Waals surface area contributed by atoms with Gasteiger partial charge in [-0.05, 0) is 49.8 Å². The van der Waals surface area contributed by atoms with Gasteiger partial charge in [-0.15, -0.1) is 0 Å². The maximum absolute atomic E-state index is 12.7. The molecule has 2 amide bonds. The molecule has 2 aliphatic carbocycles. The first-order valence-corrected chi connectivity index (χ1v) is 8.98. The van der Waals surface area contributed by atoms with E-state index < -0.39 is 0 Å². The van der Waals surface area contributed by atoms with E-state index in [-0.39, 0.29) is 17.7 Å². The highest BCUT2D eigenvalue weighted by atomic mass is 16.2. The summed E-state index contributed by atoms with van der Waals surface area (Å²) in [4.78, 5) is 27.0. The van der Waals surface area contributed by atoms with Crippen LogP contribution >= 0.6 is 0 Å². The topological polar surface area (TPSA) is 49.4 Å². The lowest BCUT2D eigenvalue weighted by Gasteiger charge is -2.23. The lowest BCUT2D eigenvalue weighted by molar-refractivity contribution is -0.119. The second kappa shape index (κ2) is 5.99. The van der Waals surface area contributed by atoms with Crippen LogP contribution in [0.5, 0.6) is 0 Å². The van der Waals surface area contributed by atoms with E-state index in [1.165, 1.54) is 19.3 Å². The van der Waals surface area contributed by atoms with Crippen LogP contribution in [0.15, 0.2) is 18.2 Å². The minimum atomic E-state index is 0.0365. The fraction of sp³-hybridized carbons (Fsp3) is 0.579. The third-order valence-corrected chi connectivity index (χ3v) is 5.41. The molecule has 4 rings (SSSR count). The van der Waals surface area contributed by atoms with Crippen LogP contribution in [0.25, 0.3) is 0 Å². The molecule has 1 N–H and O–H groups in total. The fourth-order valence-electron chi connectivity index (χ4n) is 3.94. The van der Waals surface area contributed by atoms with Gasteiger partial charge in [-0.3, -0.25) is 9.59 Å². The molecular formula is C19H24N2O2. The molecule has 23 heavy (non-hydrogen) atoms. The van der Waals surface area contributed by atoms with Crippen LogP contribution in [0.3, 0.4) is 0 Å². The van der Waals surface area contributed by atoms with Gasteiger partial charge in [-0.2, -0.15) is 0 Å². The summed E-state index contributed by atoms with van der Waals surface area (Å²) >= 11 is 0. The Balaban J connectivity index is 1.53. The van der Waals surface area contributed by atoms with Gasteiger partial charge in [0.25, 0.3) is 5.91 Å². The van der Waals surface area contributed by atoms with Crippen molar-refractivity contribution in [3.63, 3.8) is 0 Å². The Morgan fingerprint density at radius 3 is 2.57 bits per heavy atom. The van der Waals surface area contributed by atoms with E-state index in [9.17, 15) is 9.59 Å². The van der Waals surface area contributed by atoms with Crippen LogP contribution < -0.4 is 10.2 Å². The Bertz CT molecular complexity index is 630. The zero-order valence-electron chi connectivity index (χ0n) is 13.5. The average molecular weight is 312 g/mol. The van der Waals surface area contributed by atoms with Crippen molar-refractivity contribution in [2.45, 2.75) is 57.4 Å². The number of nitrogens with one attached hydrogen (secondary N) is 1. The van der Waals surface area contributed by atoms with Gasteiger partial charge in [-0.1, -0.05) is 25.3 Å². The van der Waals surface area contributed by atoms with Gasteiger partial charge in [0.05, 0.1) is 0 Å². The van der Waals surface area contributed by atoms with Gasteiger partial charge in [0, 0.05) is 29.8 Å². The summed E-state index contributed by atoms with van der Waals surface area (Å²) < 4.78 is 0. The lowest BCUT2D eigenvalue weighted by Crippen LogP contribution is -2.36. The molecule has 1 aromatic carbocycles. The standard InChI is InChI=1S/C19H24N2O2/c22-18(20-14-5-2-1-3-6-14)16-7-4-8-17-15(16)11-12-21(17)19(23)13-9-10-13/h4,7-8,13-14H,1-3,5-6,9-12H2,(H,20,22). The van der Waals surface area contributed by atoms with E-state index in [2.05, 4.69) is 5.32 Å². The number of carbonyl (C=O) groups is 2. The van der Waals surface area contributed by atoms with Crippen LogP contribution in [0.2, 0.25) is 0 Å². The van der Waals surface area contributed by atoms with Gasteiger partial charge in [0.2, 0.25) is 5.91 Å². The first kappa shape index (κ1) is 14.7. The maximum Gasteiger partial charge on any atom is 0.251 e. The maximum atomic E-state index is 12.7. The number of amides is 2. The second-order valence-electron chi connectivity index (χ2n) is 7.13. The number of rotatable bonds is 3. The molecule has 0 aromatic heterocycles. The number of benzene rings is 1. The highest BCUT2D eigenvalue weighted by molar-refractivity contribution is 6.02. The summed E-state index contributed by atoms with van der Waals surface area (Å²) in [6.07, 6.45) is 8.72. The highest BCUT2D eigenvalue weighted by Gasteiger charge is 2.37. The van der Waals surface area contributed by atoms with Gasteiger partial charge >= 0.3 is 0 Å². The van der Waals surface area contributed by atoms with Gasteiger partial charge in [-0.25, -0.2) is 0 Å². The van der Waals surface area contributed by atoms with E-state index in [1.54, 1.807) is 0 Å². The monoisotopic (exact) mass is 312 g/mol. The lowest BCUT2D eigenvalue weighted by atomic mass is 9.95. The predicted octanol–water partition coefficient (Wildman–Crippen LogP) is 3.05. The summed E-state index contributed by atoms with van der Waals surface area (Å²) in [5.41, 5.74) is 2.77. The molecule has 0 radical (unpaired) electrons. The number of anilines is 1. The SMILES string of the molecule is O=C(NC1CCCCC1)c1cccc2c1CCN2C(=O)C1CC1. The largest absolute Gasteiger partial charge is 0.349 e. The smallest absolute Gasteiger partial charge is 0.251 e. The van der Waals surface area contributed by atoms with Crippen molar-refractivity contribution >= 4 is 17.5 Å². The highest BCUT2D eigenvalue weighted by Crippen LogP contribution is 2.37. The number of hydrogen-bond acceptors (Lipinski definition) is 2. The molecule has 2 fully saturated rings. The fourth-order valence-corrected chi connectivity index (χ4v) is 3.94. The Morgan fingerprint density at radius 2 is 1.83 bits per heavy atom. The summed E-state index contributed by atoms with van der Waals surface area (Å²) in [6.45, 7) is 0.721. The summed E-state index contributed by atoms with van der Waals surface area (Å²) in [5, 5.41) is 3.20. The normalized spacial score (nSPS) is 21.1. The summed E-state index contributed by atoms with van der Waals surface area (Å²) in [5.74, 6) is 0.503. The molecule has 1 aromatic rings. The minimum Gasteiger partial charge on any atom is -0.349 e. The minimum absolute atomic E-state index is 0.0365.